The summed E-state index contributed by atoms with van der Waals surface area (Å²) in [5.74, 6) is 1.75. The molecule has 0 unspecified atom stereocenters. The van der Waals surface area contributed by atoms with Crippen LogP contribution in [0.15, 0.2) is 52.9 Å². The zero-order valence-electron chi connectivity index (χ0n) is 16.2. The van der Waals surface area contributed by atoms with Crippen molar-refractivity contribution in [1.82, 2.24) is 9.88 Å². The highest BCUT2D eigenvalue weighted by molar-refractivity contribution is 6.05. The van der Waals surface area contributed by atoms with Gasteiger partial charge in [0.1, 0.15) is 11.5 Å². The number of carbonyl (C=O) groups is 2. The number of aryl methyl sites for hydroxylation is 2. The second kappa shape index (κ2) is 7.32. The summed E-state index contributed by atoms with van der Waals surface area (Å²) in [5, 5.41) is 0. The van der Waals surface area contributed by atoms with Crippen molar-refractivity contribution < 1.29 is 14.0 Å². The molecule has 2 aliphatic rings. The second-order valence-electron chi connectivity index (χ2n) is 7.69. The maximum atomic E-state index is 13.1. The largest absolute Gasteiger partial charge is 0.445 e. The Balaban J connectivity index is 1.31. The van der Waals surface area contributed by atoms with E-state index in [9.17, 15) is 9.59 Å². The van der Waals surface area contributed by atoms with Crippen LogP contribution in [-0.2, 0) is 32.2 Å². The van der Waals surface area contributed by atoms with Crippen LogP contribution in [0.3, 0.4) is 0 Å². The van der Waals surface area contributed by atoms with Crippen molar-refractivity contribution in [2.45, 2.75) is 38.6 Å². The number of aromatic nitrogens is 1. The van der Waals surface area contributed by atoms with Crippen molar-refractivity contribution in [1.29, 1.82) is 0 Å². The molecule has 0 saturated heterocycles. The fourth-order valence-electron chi connectivity index (χ4n) is 4.29. The van der Waals surface area contributed by atoms with Gasteiger partial charge in [0.25, 0.3) is 5.91 Å². The van der Waals surface area contributed by atoms with Gasteiger partial charge in [0, 0.05) is 36.9 Å². The maximum absolute atomic E-state index is 13.1. The number of hydrogen-bond donors (Lipinski definition) is 0. The molecule has 2 aromatic carbocycles. The molecule has 0 bridgehead atoms. The SMILES string of the molecule is O=C1CCc2c1cccc2C(=O)N1CCc2oc(CCc3ccccc3)nc2C1. The van der Waals surface area contributed by atoms with Crippen LogP contribution in [0.5, 0.6) is 0 Å². The molecule has 0 atom stereocenters. The van der Waals surface area contributed by atoms with Gasteiger partial charge in [0.15, 0.2) is 11.7 Å². The minimum absolute atomic E-state index is 0.0176. The van der Waals surface area contributed by atoms with Crippen LogP contribution in [0.2, 0.25) is 0 Å². The van der Waals surface area contributed by atoms with Crippen molar-refractivity contribution in [3.8, 4) is 0 Å². The number of carbonyl (C=O) groups excluding carboxylic acids is 2. The third-order valence-corrected chi connectivity index (χ3v) is 5.84. The van der Waals surface area contributed by atoms with E-state index in [1.54, 1.807) is 0 Å². The lowest BCUT2D eigenvalue weighted by atomic mass is 10.0. The van der Waals surface area contributed by atoms with Gasteiger partial charge in [0.05, 0.1) is 6.54 Å². The summed E-state index contributed by atoms with van der Waals surface area (Å²) in [4.78, 5) is 31.6. The number of amides is 1. The van der Waals surface area contributed by atoms with Crippen LogP contribution in [-0.4, -0.2) is 28.1 Å². The van der Waals surface area contributed by atoms with Gasteiger partial charge in [-0.05, 0) is 30.0 Å². The van der Waals surface area contributed by atoms with E-state index >= 15 is 0 Å². The third-order valence-electron chi connectivity index (χ3n) is 5.84. The number of nitrogens with zero attached hydrogens (tertiary/aromatic N) is 2. The van der Waals surface area contributed by atoms with E-state index < -0.39 is 0 Å². The predicted molar refractivity (Wildman–Crippen MR) is 108 cm³/mol. The molecule has 0 N–H and O–H groups in total. The molecule has 29 heavy (non-hydrogen) atoms. The molecule has 1 aromatic heterocycles. The first-order chi connectivity index (χ1) is 14.2. The molecule has 1 amide bonds. The van der Waals surface area contributed by atoms with E-state index in [1.165, 1.54) is 5.56 Å². The lowest BCUT2D eigenvalue weighted by molar-refractivity contribution is 0.0726. The monoisotopic (exact) mass is 386 g/mol. The Morgan fingerprint density at radius 1 is 1.00 bits per heavy atom. The van der Waals surface area contributed by atoms with Gasteiger partial charge in [-0.1, -0.05) is 42.5 Å². The first-order valence-electron chi connectivity index (χ1n) is 10.1. The van der Waals surface area contributed by atoms with Gasteiger partial charge >= 0.3 is 0 Å². The summed E-state index contributed by atoms with van der Waals surface area (Å²) < 4.78 is 5.96. The fourth-order valence-corrected chi connectivity index (χ4v) is 4.29. The van der Waals surface area contributed by atoms with Gasteiger partial charge in [0.2, 0.25) is 0 Å². The molecule has 5 heteroatoms. The number of rotatable bonds is 4. The van der Waals surface area contributed by atoms with Gasteiger partial charge in [-0.3, -0.25) is 9.59 Å². The highest BCUT2D eigenvalue weighted by Crippen LogP contribution is 2.28. The van der Waals surface area contributed by atoms with E-state index in [-0.39, 0.29) is 11.7 Å². The van der Waals surface area contributed by atoms with Crippen LogP contribution in [0.4, 0.5) is 0 Å². The number of oxazole rings is 1. The zero-order chi connectivity index (χ0) is 19.8. The van der Waals surface area contributed by atoms with E-state index in [4.69, 9.17) is 4.42 Å². The van der Waals surface area contributed by atoms with Crippen molar-refractivity contribution in [2.24, 2.45) is 0 Å². The van der Waals surface area contributed by atoms with E-state index in [1.807, 2.05) is 41.3 Å². The van der Waals surface area contributed by atoms with Crippen molar-refractivity contribution >= 4 is 11.7 Å². The number of benzene rings is 2. The third kappa shape index (κ3) is 3.37. The van der Waals surface area contributed by atoms with Crippen LogP contribution in [0, 0.1) is 0 Å². The highest BCUT2D eigenvalue weighted by atomic mass is 16.4. The van der Waals surface area contributed by atoms with Crippen LogP contribution < -0.4 is 0 Å². The number of hydrogen-bond acceptors (Lipinski definition) is 4. The fraction of sp³-hybridized carbons (Fsp3) is 0.292. The predicted octanol–water partition coefficient (Wildman–Crippen LogP) is 3.79. The maximum Gasteiger partial charge on any atom is 0.254 e. The average molecular weight is 386 g/mol. The first kappa shape index (κ1) is 17.9. The summed E-state index contributed by atoms with van der Waals surface area (Å²) in [6.45, 7) is 1.07. The van der Waals surface area contributed by atoms with E-state index in [0.717, 1.165) is 35.7 Å². The Morgan fingerprint density at radius 2 is 1.86 bits per heavy atom. The van der Waals surface area contributed by atoms with Crippen LogP contribution in [0.25, 0.3) is 0 Å². The Kier molecular flexibility index (Phi) is 4.51. The number of ketones is 1. The summed E-state index contributed by atoms with van der Waals surface area (Å²) in [6.07, 6.45) is 3.46. The lowest BCUT2D eigenvalue weighted by Gasteiger charge is -2.26. The molecule has 146 valence electrons. The molecule has 5 nitrogen and oxygen atoms in total. The topological polar surface area (TPSA) is 63.4 Å². The van der Waals surface area contributed by atoms with Gasteiger partial charge in [-0.15, -0.1) is 0 Å². The Morgan fingerprint density at radius 3 is 2.72 bits per heavy atom. The molecule has 0 saturated carbocycles. The standard InChI is InChI=1S/C24H22N2O3/c27-21-11-10-17-18(21)7-4-8-19(17)24(28)26-14-13-22-20(15-26)25-23(29-22)12-9-16-5-2-1-3-6-16/h1-8H,9-15H2. The molecular weight excluding hydrogens is 364 g/mol. The molecule has 0 radical (unpaired) electrons. The summed E-state index contributed by atoms with van der Waals surface area (Å²) >= 11 is 0. The molecule has 3 aromatic rings. The molecule has 1 aliphatic heterocycles. The van der Waals surface area contributed by atoms with Crippen LogP contribution >= 0.6 is 0 Å². The molecular formula is C24H22N2O3. The van der Waals surface area contributed by atoms with Crippen molar-refractivity contribution in [3.05, 3.63) is 88.1 Å². The quantitative estimate of drug-likeness (QED) is 0.684. The van der Waals surface area contributed by atoms with Crippen molar-refractivity contribution in [2.75, 3.05) is 6.54 Å². The number of Topliss-reactive ketones (excluding diaryl/α,β-unsaturated/α-hetero) is 1. The Labute approximate surface area is 169 Å². The normalized spacial score (nSPS) is 15.3. The smallest absolute Gasteiger partial charge is 0.254 e. The molecule has 0 fully saturated rings. The highest BCUT2D eigenvalue weighted by Gasteiger charge is 2.30. The molecule has 5 rings (SSSR count). The van der Waals surface area contributed by atoms with Gasteiger partial charge in [-0.25, -0.2) is 4.98 Å². The summed E-state index contributed by atoms with van der Waals surface area (Å²) in [7, 11) is 0. The Hall–Kier alpha value is -3.21. The molecule has 0 spiro atoms. The zero-order valence-corrected chi connectivity index (χ0v) is 16.2. The number of fused-ring (bicyclic) bond motifs is 2. The van der Waals surface area contributed by atoms with Gasteiger partial charge in [-0.2, -0.15) is 0 Å². The second-order valence-corrected chi connectivity index (χ2v) is 7.69. The summed E-state index contributed by atoms with van der Waals surface area (Å²) in [5.41, 5.74) is 4.38. The first-order valence-corrected chi connectivity index (χ1v) is 10.1. The van der Waals surface area contributed by atoms with Crippen molar-refractivity contribution in [3.63, 3.8) is 0 Å². The minimum Gasteiger partial charge on any atom is -0.445 e. The average Bonchev–Trinajstić information content (AvgIpc) is 3.35. The lowest BCUT2D eigenvalue weighted by Crippen LogP contribution is -2.36. The van der Waals surface area contributed by atoms with E-state index in [2.05, 4.69) is 17.1 Å². The molecule has 1 aliphatic carbocycles. The Bertz CT molecular complexity index is 1080. The van der Waals surface area contributed by atoms with Crippen LogP contribution in [0.1, 0.15) is 55.6 Å². The van der Waals surface area contributed by atoms with E-state index in [0.29, 0.717) is 43.5 Å². The minimum atomic E-state index is -0.0176. The summed E-state index contributed by atoms with van der Waals surface area (Å²) in [6, 6.07) is 15.8. The molecule has 2 heterocycles. The van der Waals surface area contributed by atoms with Gasteiger partial charge < -0.3 is 9.32 Å².